The lowest BCUT2D eigenvalue weighted by atomic mass is 10.0. The minimum atomic E-state index is -4.48. The molecule has 1 heterocycles. The Balaban J connectivity index is 1.67. The summed E-state index contributed by atoms with van der Waals surface area (Å²) in [5.41, 5.74) is 5.17. The Kier molecular flexibility index (Phi) is 10.2. The number of primary amides is 1. The van der Waals surface area contributed by atoms with Gasteiger partial charge >= 0.3 is 5.97 Å². The lowest BCUT2D eigenvalue weighted by Gasteiger charge is -2.12. The summed E-state index contributed by atoms with van der Waals surface area (Å²) in [6, 6.07) is 13.7. The number of halogens is 1. The van der Waals surface area contributed by atoms with E-state index in [-0.39, 0.29) is 53.4 Å². The summed E-state index contributed by atoms with van der Waals surface area (Å²) in [5.74, 6) is -2.39. The average molecular weight is 589 g/mol. The van der Waals surface area contributed by atoms with Gasteiger partial charge in [0.15, 0.2) is 0 Å². The van der Waals surface area contributed by atoms with Crippen LogP contribution in [0.5, 0.6) is 5.75 Å². The number of benzene rings is 2. The molecule has 12 nitrogen and oxygen atoms in total. The van der Waals surface area contributed by atoms with Gasteiger partial charge in [-0.1, -0.05) is 29.8 Å². The van der Waals surface area contributed by atoms with Crippen LogP contribution in [0.4, 0.5) is 0 Å². The molecule has 3 rings (SSSR count). The minimum Gasteiger partial charge on any atom is -0.492 e. The summed E-state index contributed by atoms with van der Waals surface area (Å²) in [6.45, 7) is 0.396. The number of amides is 3. The van der Waals surface area contributed by atoms with Gasteiger partial charge < -0.3 is 20.5 Å². The van der Waals surface area contributed by atoms with Crippen LogP contribution in [0.15, 0.2) is 65.7 Å². The molecule has 0 radical (unpaired) electrons. The molecule has 14 heteroatoms. The SMILES string of the molecule is COC(=O)CCc1cc(C(=O)NS(=O)(=O)c2ccc(C(=O)NCCOc3ccccc3)cc2Cl)cnc1C(N)=O. The molecule has 0 bridgehead atoms. The van der Waals surface area contributed by atoms with Crippen molar-refractivity contribution in [1.29, 1.82) is 0 Å². The highest BCUT2D eigenvalue weighted by atomic mass is 35.5. The van der Waals surface area contributed by atoms with Gasteiger partial charge in [-0.05, 0) is 48.4 Å². The lowest BCUT2D eigenvalue weighted by Crippen LogP contribution is -2.31. The Morgan fingerprint density at radius 1 is 1.00 bits per heavy atom. The number of carbonyl (C=O) groups is 4. The molecule has 3 aromatic rings. The van der Waals surface area contributed by atoms with E-state index in [0.717, 1.165) is 18.3 Å². The second kappa shape index (κ2) is 13.5. The second-order valence-electron chi connectivity index (χ2n) is 8.17. The van der Waals surface area contributed by atoms with E-state index in [1.165, 1.54) is 19.2 Å². The van der Waals surface area contributed by atoms with Crippen LogP contribution in [0.1, 0.15) is 43.2 Å². The molecule has 210 valence electrons. The van der Waals surface area contributed by atoms with E-state index < -0.39 is 38.6 Å². The number of methoxy groups -OCH3 is 1. The third-order valence-electron chi connectivity index (χ3n) is 5.40. The van der Waals surface area contributed by atoms with Gasteiger partial charge in [0.2, 0.25) is 0 Å². The first-order valence-corrected chi connectivity index (χ1v) is 13.6. The molecule has 0 atom stereocenters. The first-order valence-electron chi connectivity index (χ1n) is 11.7. The van der Waals surface area contributed by atoms with Crippen LogP contribution in [0, 0.1) is 0 Å². The molecule has 0 saturated carbocycles. The number of pyridine rings is 1. The highest BCUT2D eigenvalue weighted by Gasteiger charge is 2.24. The fourth-order valence-corrected chi connectivity index (χ4v) is 4.95. The van der Waals surface area contributed by atoms with E-state index in [2.05, 4.69) is 15.0 Å². The number of aryl methyl sites for hydroxylation is 1. The monoisotopic (exact) mass is 588 g/mol. The molecule has 40 heavy (non-hydrogen) atoms. The topological polar surface area (TPSA) is 184 Å². The van der Waals surface area contributed by atoms with Gasteiger partial charge in [0, 0.05) is 18.2 Å². The van der Waals surface area contributed by atoms with Gasteiger partial charge in [0.05, 0.1) is 24.2 Å². The van der Waals surface area contributed by atoms with Gasteiger partial charge in [0.25, 0.3) is 27.7 Å². The van der Waals surface area contributed by atoms with Gasteiger partial charge in [-0.25, -0.2) is 18.1 Å². The predicted octanol–water partition coefficient (Wildman–Crippen LogP) is 1.87. The molecular weight excluding hydrogens is 564 g/mol. The number of esters is 1. The van der Waals surface area contributed by atoms with Crippen LogP contribution >= 0.6 is 11.6 Å². The van der Waals surface area contributed by atoms with Crippen molar-refractivity contribution in [3.8, 4) is 5.75 Å². The van der Waals surface area contributed by atoms with Gasteiger partial charge in [-0.3, -0.25) is 19.2 Å². The maximum atomic E-state index is 12.9. The number of ether oxygens (including phenoxy) is 2. The zero-order chi connectivity index (χ0) is 29.3. The van der Waals surface area contributed by atoms with Crippen LogP contribution in [0.2, 0.25) is 5.02 Å². The highest BCUT2D eigenvalue weighted by molar-refractivity contribution is 7.90. The summed E-state index contributed by atoms with van der Waals surface area (Å²) < 4.78 is 37.7. The Bertz CT molecular complexity index is 1530. The largest absolute Gasteiger partial charge is 0.492 e. The Morgan fingerprint density at radius 2 is 1.73 bits per heavy atom. The zero-order valence-corrected chi connectivity index (χ0v) is 22.8. The molecule has 0 unspecified atom stereocenters. The van der Waals surface area contributed by atoms with Crippen LogP contribution in [-0.2, 0) is 26.0 Å². The van der Waals surface area contributed by atoms with Crippen LogP contribution in [-0.4, -0.2) is 57.4 Å². The van der Waals surface area contributed by atoms with Gasteiger partial charge in [0.1, 0.15) is 22.9 Å². The van der Waals surface area contributed by atoms with Crippen molar-refractivity contribution in [3.05, 3.63) is 88.2 Å². The molecule has 0 spiro atoms. The predicted molar refractivity (Wildman–Crippen MR) is 143 cm³/mol. The first kappa shape index (κ1) is 30.1. The molecule has 3 amide bonds. The minimum absolute atomic E-state index is 0.0282. The number of nitrogens with one attached hydrogen (secondary N) is 2. The van der Waals surface area contributed by atoms with E-state index in [9.17, 15) is 27.6 Å². The Morgan fingerprint density at radius 3 is 2.38 bits per heavy atom. The van der Waals surface area contributed by atoms with Gasteiger partial charge in [-0.15, -0.1) is 0 Å². The molecule has 4 N–H and O–H groups in total. The number of nitrogens with zero attached hydrogens (tertiary/aromatic N) is 1. The highest BCUT2D eigenvalue weighted by Crippen LogP contribution is 2.23. The van der Waals surface area contributed by atoms with Crippen LogP contribution < -0.4 is 20.5 Å². The van der Waals surface area contributed by atoms with Crippen LogP contribution in [0.25, 0.3) is 0 Å². The number of sulfonamides is 1. The van der Waals surface area contributed by atoms with Crippen molar-refractivity contribution in [3.63, 3.8) is 0 Å². The number of hydrogen-bond acceptors (Lipinski definition) is 9. The maximum Gasteiger partial charge on any atom is 0.305 e. The average Bonchev–Trinajstić information content (AvgIpc) is 2.93. The number of carbonyl (C=O) groups excluding carboxylic acids is 4. The standard InChI is InChI=1S/C26H25ClN4O8S/c1-38-22(32)10-8-16-13-18(15-30-23(16)24(28)33)26(35)31-40(36,37)21-9-7-17(14-20(21)27)25(34)29-11-12-39-19-5-3-2-4-6-19/h2-7,9,13-15H,8,10-12H2,1H3,(H2,28,33)(H,29,34)(H,31,35). The summed E-state index contributed by atoms with van der Waals surface area (Å²) >= 11 is 6.15. The summed E-state index contributed by atoms with van der Waals surface area (Å²) in [6.07, 6.45) is 0.820. The summed E-state index contributed by atoms with van der Waals surface area (Å²) in [7, 11) is -3.29. The Hall–Kier alpha value is -4.49. The normalized spacial score (nSPS) is 10.8. The Labute approximate surface area is 234 Å². The molecule has 0 aliphatic carbocycles. The summed E-state index contributed by atoms with van der Waals surface area (Å²) in [5, 5.41) is 2.34. The molecule has 0 fully saturated rings. The molecule has 0 aliphatic rings. The van der Waals surface area contributed by atoms with Crippen molar-refractivity contribution < 1.29 is 37.1 Å². The summed E-state index contributed by atoms with van der Waals surface area (Å²) in [4.78, 5) is 51.7. The number of hydrogen-bond donors (Lipinski definition) is 3. The molecular formula is C26H25ClN4O8S. The number of para-hydroxylation sites is 1. The molecule has 2 aromatic carbocycles. The van der Waals surface area contributed by atoms with Crippen molar-refractivity contribution in [2.75, 3.05) is 20.3 Å². The van der Waals surface area contributed by atoms with Crippen LogP contribution in [0.3, 0.4) is 0 Å². The number of nitrogens with two attached hydrogens (primary N) is 1. The molecule has 1 aromatic heterocycles. The van der Waals surface area contributed by atoms with E-state index >= 15 is 0 Å². The van der Waals surface area contributed by atoms with E-state index in [4.69, 9.17) is 22.1 Å². The van der Waals surface area contributed by atoms with E-state index in [1.807, 2.05) is 22.9 Å². The quantitative estimate of drug-likeness (QED) is 0.210. The van der Waals surface area contributed by atoms with Crippen molar-refractivity contribution in [1.82, 2.24) is 15.0 Å². The van der Waals surface area contributed by atoms with Crippen molar-refractivity contribution in [2.45, 2.75) is 17.7 Å². The van der Waals surface area contributed by atoms with Crippen molar-refractivity contribution in [2.24, 2.45) is 5.73 Å². The molecule has 0 aliphatic heterocycles. The lowest BCUT2D eigenvalue weighted by molar-refractivity contribution is -0.140. The number of rotatable bonds is 12. The third-order valence-corrected chi connectivity index (χ3v) is 7.21. The molecule has 0 saturated heterocycles. The van der Waals surface area contributed by atoms with Gasteiger partial charge in [-0.2, -0.15) is 0 Å². The fraction of sp³-hybridized carbons (Fsp3) is 0.192. The van der Waals surface area contributed by atoms with Crippen molar-refractivity contribution >= 4 is 45.3 Å². The van der Waals surface area contributed by atoms with E-state index in [0.29, 0.717) is 5.75 Å². The zero-order valence-electron chi connectivity index (χ0n) is 21.2. The third kappa shape index (κ3) is 8.01. The number of aromatic nitrogens is 1. The second-order valence-corrected chi connectivity index (χ2v) is 10.2. The first-order chi connectivity index (χ1) is 19.0. The maximum absolute atomic E-state index is 12.9. The smallest absolute Gasteiger partial charge is 0.305 e. The fourth-order valence-electron chi connectivity index (χ4n) is 3.43. The van der Waals surface area contributed by atoms with E-state index in [1.54, 1.807) is 12.1 Å².